The molecule has 19 heavy (non-hydrogen) atoms. The third-order valence-corrected chi connectivity index (χ3v) is 4.21. The lowest BCUT2D eigenvalue weighted by Crippen LogP contribution is -2.44. The van der Waals surface area contributed by atoms with Gasteiger partial charge in [0.05, 0.1) is 0 Å². The lowest BCUT2D eigenvalue weighted by atomic mass is 10.0. The molecule has 0 radical (unpaired) electrons. The molecule has 0 unspecified atom stereocenters. The third-order valence-electron chi connectivity index (χ3n) is 3.86. The van der Waals surface area contributed by atoms with Crippen molar-refractivity contribution in [2.24, 2.45) is 0 Å². The van der Waals surface area contributed by atoms with Crippen LogP contribution in [-0.2, 0) is 6.54 Å². The maximum absolute atomic E-state index is 13.0. The molecule has 1 aliphatic rings. The van der Waals surface area contributed by atoms with Crippen molar-refractivity contribution < 1.29 is 4.39 Å². The molecule has 2 nitrogen and oxygen atoms in total. The van der Waals surface area contributed by atoms with E-state index in [1.165, 1.54) is 12.1 Å². The molecular formula is C15H22ClFN2. The van der Waals surface area contributed by atoms with E-state index < -0.39 is 0 Å². The van der Waals surface area contributed by atoms with Gasteiger partial charge >= 0.3 is 0 Å². The Morgan fingerprint density at radius 2 is 2.05 bits per heavy atom. The zero-order chi connectivity index (χ0) is 13.8. The summed E-state index contributed by atoms with van der Waals surface area (Å²) in [6.45, 7) is 7.49. The second-order valence-corrected chi connectivity index (χ2v) is 5.93. The van der Waals surface area contributed by atoms with E-state index >= 15 is 0 Å². The van der Waals surface area contributed by atoms with Crippen LogP contribution in [0.1, 0.15) is 32.3 Å². The van der Waals surface area contributed by atoms with E-state index in [1.54, 1.807) is 6.07 Å². The monoisotopic (exact) mass is 284 g/mol. The summed E-state index contributed by atoms with van der Waals surface area (Å²) in [6, 6.07) is 5.77. The predicted octanol–water partition coefficient (Wildman–Crippen LogP) is 3.44. The second-order valence-electron chi connectivity index (χ2n) is 5.52. The largest absolute Gasteiger partial charge is 0.310 e. The molecule has 1 aliphatic heterocycles. The highest BCUT2D eigenvalue weighted by Gasteiger charge is 2.20. The molecule has 1 N–H and O–H groups in total. The minimum atomic E-state index is -0.279. The Balaban J connectivity index is 1.80. The molecule has 0 amide bonds. The van der Waals surface area contributed by atoms with Gasteiger partial charge in [0, 0.05) is 23.7 Å². The molecule has 0 aromatic heterocycles. The highest BCUT2D eigenvalue weighted by Crippen LogP contribution is 2.18. The summed E-state index contributed by atoms with van der Waals surface area (Å²) < 4.78 is 13.0. The first-order valence-electron chi connectivity index (χ1n) is 6.97. The van der Waals surface area contributed by atoms with Gasteiger partial charge in [0.25, 0.3) is 0 Å². The van der Waals surface area contributed by atoms with Crippen molar-refractivity contribution in [3.8, 4) is 0 Å². The lowest BCUT2D eigenvalue weighted by Gasteiger charge is -2.35. The standard InChI is InChI=1S/C15H22ClFN2/c1-11(2)19-7-5-14(6-8-19)18-10-12-3-4-13(17)9-15(12)16/h3-4,9,11,14,18H,5-8,10H2,1-2H3. The zero-order valence-electron chi connectivity index (χ0n) is 11.6. The molecule has 1 aromatic carbocycles. The molecule has 0 bridgehead atoms. The van der Waals surface area contributed by atoms with E-state index in [9.17, 15) is 4.39 Å². The highest BCUT2D eigenvalue weighted by molar-refractivity contribution is 6.31. The number of nitrogens with zero attached hydrogens (tertiary/aromatic N) is 1. The van der Waals surface area contributed by atoms with E-state index in [1.807, 2.05) is 0 Å². The lowest BCUT2D eigenvalue weighted by molar-refractivity contribution is 0.161. The summed E-state index contributed by atoms with van der Waals surface area (Å²) in [5, 5.41) is 4.03. The normalized spacial score (nSPS) is 18.2. The number of likely N-dealkylation sites (tertiary alicyclic amines) is 1. The molecule has 1 aromatic rings. The maximum Gasteiger partial charge on any atom is 0.124 e. The van der Waals surface area contributed by atoms with Crippen LogP contribution >= 0.6 is 11.6 Å². The summed E-state index contributed by atoms with van der Waals surface area (Å²) in [6.07, 6.45) is 2.33. The van der Waals surface area contributed by atoms with Crippen molar-refractivity contribution in [2.45, 2.75) is 45.3 Å². The third kappa shape index (κ3) is 4.16. The van der Waals surface area contributed by atoms with E-state index in [0.717, 1.165) is 31.5 Å². The summed E-state index contributed by atoms with van der Waals surface area (Å²) in [5.74, 6) is -0.279. The number of halogens is 2. The molecule has 0 atom stereocenters. The van der Waals surface area contributed by atoms with Gasteiger partial charge in [-0.2, -0.15) is 0 Å². The summed E-state index contributed by atoms with van der Waals surface area (Å²) >= 11 is 6.02. The second kappa shape index (κ2) is 6.69. The molecular weight excluding hydrogens is 263 g/mol. The first kappa shape index (κ1) is 14.8. The van der Waals surface area contributed by atoms with Gasteiger partial charge in [0.1, 0.15) is 5.82 Å². The minimum Gasteiger partial charge on any atom is -0.310 e. The van der Waals surface area contributed by atoms with E-state index in [4.69, 9.17) is 11.6 Å². The average Bonchev–Trinajstić information content (AvgIpc) is 2.38. The molecule has 0 spiro atoms. The van der Waals surface area contributed by atoms with Crippen LogP contribution in [0, 0.1) is 5.82 Å². The van der Waals surface area contributed by atoms with Gasteiger partial charge in [-0.1, -0.05) is 17.7 Å². The molecule has 1 saturated heterocycles. The van der Waals surface area contributed by atoms with Crippen LogP contribution in [0.15, 0.2) is 18.2 Å². The van der Waals surface area contributed by atoms with Gasteiger partial charge in [-0.3, -0.25) is 0 Å². The minimum absolute atomic E-state index is 0.279. The van der Waals surface area contributed by atoms with Crippen molar-refractivity contribution in [1.82, 2.24) is 10.2 Å². The van der Waals surface area contributed by atoms with Crippen molar-refractivity contribution in [2.75, 3.05) is 13.1 Å². The summed E-state index contributed by atoms with van der Waals surface area (Å²) in [7, 11) is 0. The number of rotatable bonds is 4. The number of benzene rings is 1. The van der Waals surface area contributed by atoms with Gasteiger partial charge in [0.2, 0.25) is 0 Å². The predicted molar refractivity (Wildman–Crippen MR) is 78.0 cm³/mol. The van der Waals surface area contributed by atoms with Gasteiger partial charge in [-0.05, 0) is 57.5 Å². The van der Waals surface area contributed by atoms with Crippen LogP contribution < -0.4 is 5.32 Å². The number of piperidine rings is 1. The summed E-state index contributed by atoms with van der Waals surface area (Å²) in [4.78, 5) is 2.50. The molecule has 2 rings (SSSR count). The van der Waals surface area contributed by atoms with Gasteiger partial charge < -0.3 is 10.2 Å². The number of hydrogen-bond acceptors (Lipinski definition) is 2. The smallest absolute Gasteiger partial charge is 0.124 e. The Kier molecular flexibility index (Phi) is 5.20. The maximum atomic E-state index is 13.0. The Hall–Kier alpha value is -0.640. The average molecular weight is 285 g/mol. The fourth-order valence-electron chi connectivity index (χ4n) is 2.54. The van der Waals surface area contributed by atoms with Gasteiger partial charge in [-0.15, -0.1) is 0 Å². The SMILES string of the molecule is CC(C)N1CCC(NCc2ccc(F)cc2Cl)CC1. The van der Waals surface area contributed by atoms with E-state index in [0.29, 0.717) is 23.7 Å². The Morgan fingerprint density at radius 3 is 2.63 bits per heavy atom. The van der Waals surface area contributed by atoms with E-state index in [2.05, 4.69) is 24.1 Å². The molecule has 0 saturated carbocycles. The summed E-state index contributed by atoms with van der Waals surface area (Å²) in [5.41, 5.74) is 0.967. The number of hydrogen-bond donors (Lipinski definition) is 1. The fourth-order valence-corrected chi connectivity index (χ4v) is 2.77. The fraction of sp³-hybridized carbons (Fsp3) is 0.600. The van der Waals surface area contributed by atoms with Crippen LogP contribution in [0.5, 0.6) is 0 Å². The quantitative estimate of drug-likeness (QED) is 0.911. The van der Waals surface area contributed by atoms with Gasteiger partial charge in [-0.25, -0.2) is 4.39 Å². The Morgan fingerprint density at radius 1 is 1.37 bits per heavy atom. The first-order chi connectivity index (χ1) is 9.06. The molecule has 0 aliphatic carbocycles. The zero-order valence-corrected chi connectivity index (χ0v) is 12.4. The van der Waals surface area contributed by atoms with Crippen LogP contribution in [0.4, 0.5) is 4.39 Å². The number of nitrogens with one attached hydrogen (secondary N) is 1. The molecule has 106 valence electrons. The van der Waals surface area contributed by atoms with Gasteiger partial charge in [0.15, 0.2) is 0 Å². The van der Waals surface area contributed by atoms with Crippen molar-refractivity contribution in [3.63, 3.8) is 0 Å². The first-order valence-corrected chi connectivity index (χ1v) is 7.35. The van der Waals surface area contributed by atoms with Crippen LogP contribution in [-0.4, -0.2) is 30.1 Å². The molecule has 1 fully saturated rings. The van der Waals surface area contributed by atoms with Crippen molar-refractivity contribution >= 4 is 11.6 Å². The van der Waals surface area contributed by atoms with Crippen LogP contribution in [0.3, 0.4) is 0 Å². The van der Waals surface area contributed by atoms with Crippen LogP contribution in [0.25, 0.3) is 0 Å². The van der Waals surface area contributed by atoms with Crippen LogP contribution in [0.2, 0.25) is 5.02 Å². The molecule has 1 heterocycles. The van der Waals surface area contributed by atoms with Crippen molar-refractivity contribution in [3.05, 3.63) is 34.6 Å². The molecule has 4 heteroatoms. The highest BCUT2D eigenvalue weighted by atomic mass is 35.5. The Labute approximate surface area is 119 Å². The van der Waals surface area contributed by atoms with E-state index in [-0.39, 0.29) is 5.82 Å². The topological polar surface area (TPSA) is 15.3 Å². The Bertz CT molecular complexity index is 415. The van der Waals surface area contributed by atoms with Crippen molar-refractivity contribution in [1.29, 1.82) is 0 Å².